The van der Waals surface area contributed by atoms with Crippen LogP contribution in [-0.4, -0.2) is 25.4 Å². The van der Waals surface area contributed by atoms with Gasteiger partial charge in [-0.25, -0.2) is 8.42 Å². The summed E-state index contributed by atoms with van der Waals surface area (Å²) in [5.41, 5.74) is 2.71. The Hall–Kier alpha value is -2.61. The number of rotatable bonds is 5. The maximum Gasteiger partial charge on any atom is 0.243 e. The lowest BCUT2D eigenvalue weighted by Crippen LogP contribution is -2.38. The molecular formula is C21H17Cl2N3O3S. The van der Waals surface area contributed by atoms with Crippen LogP contribution in [0.2, 0.25) is 10.0 Å². The number of nitrogens with one attached hydrogen (secondary N) is 2. The number of hydrogen-bond acceptors (Lipinski definition) is 5. The second-order valence-corrected chi connectivity index (χ2v) is 9.73. The van der Waals surface area contributed by atoms with Crippen LogP contribution in [0.5, 0.6) is 0 Å². The molecule has 0 aliphatic carbocycles. The highest BCUT2D eigenvalue weighted by Crippen LogP contribution is 2.27. The Kier molecular flexibility index (Phi) is 5.69. The van der Waals surface area contributed by atoms with Crippen molar-refractivity contribution in [1.82, 2.24) is 10.3 Å². The van der Waals surface area contributed by atoms with Crippen molar-refractivity contribution in [3.8, 4) is 0 Å². The smallest absolute Gasteiger partial charge is 0.243 e. The molecule has 1 aliphatic rings. The zero-order valence-electron chi connectivity index (χ0n) is 15.6. The predicted molar refractivity (Wildman–Crippen MR) is 116 cm³/mol. The van der Waals surface area contributed by atoms with E-state index in [2.05, 4.69) is 15.6 Å². The standard InChI is InChI=1S/C21H17Cl2N3O3S/c22-15-8-16(23)10-18(9-15)30(28,29)17-3-1-13(2-4-17)11-25-21(27)20-7-14-12-24-6-5-19(14)26-20/h1-6,8-10,12,20,26H,7,11H2,(H,25,27). The van der Waals surface area contributed by atoms with Gasteiger partial charge in [0.05, 0.1) is 9.79 Å². The lowest BCUT2D eigenvalue weighted by Gasteiger charge is -2.12. The molecule has 0 saturated heterocycles. The highest BCUT2D eigenvalue weighted by atomic mass is 35.5. The predicted octanol–water partition coefficient (Wildman–Crippen LogP) is 3.87. The molecule has 9 heteroatoms. The molecule has 2 aromatic carbocycles. The van der Waals surface area contributed by atoms with Crippen LogP contribution in [0.25, 0.3) is 0 Å². The summed E-state index contributed by atoms with van der Waals surface area (Å²) in [4.78, 5) is 16.7. The van der Waals surface area contributed by atoms with Crippen molar-refractivity contribution < 1.29 is 13.2 Å². The number of halogens is 2. The third kappa shape index (κ3) is 4.28. The third-order valence-corrected chi connectivity index (χ3v) is 7.01. The number of amides is 1. The average molecular weight is 462 g/mol. The zero-order chi connectivity index (χ0) is 21.3. The van der Waals surface area contributed by atoms with Crippen molar-refractivity contribution in [1.29, 1.82) is 0 Å². The van der Waals surface area contributed by atoms with E-state index >= 15 is 0 Å². The highest BCUT2D eigenvalue weighted by Gasteiger charge is 2.26. The Morgan fingerprint density at radius 3 is 2.43 bits per heavy atom. The monoisotopic (exact) mass is 461 g/mol. The molecule has 30 heavy (non-hydrogen) atoms. The zero-order valence-corrected chi connectivity index (χ0v) is 17.9. The summed E-state index contributed by atoms with van der Waals surface area (Å²) in [6.45, 7) is 0.287. The topological polar surface area (TPSA) is 88.2 Å². The third-order valence-electron chi connectivity index (χ3n) is 4.82. The Labute approximate surface area is 184 Å². The number of pyridine rings is 1. The quantitative estimate of drug-likeness (QED) is 0.601. The second kappa shape index (κ2) is 8.26. The summed E-state index contributed by atoms with van der Waals surface area (Å²) in [7, 11) is -3.75. The first-order chi connectivity index (χ1) is 14.3. The number of sulfone groups is 1. The molecule has 2 heterocycles. The maximum absolute atomic E-state index is 12.8. The number of fused-ring (bicyclic) bond motifs is 1. The molecule has 154 valence electrons. The van der Waals surface area contributed by atoms with Crippen molar-refractivity contribution in [2.24, 2.45) is 0 Å². The van der Waals surface area contributed by atoms with Crippen molar-refractivity contribution in [2.45, 2.75) is 28.8 Å². The van der Waals surface area contributed by atoms with Gasteiger partial charge >= 0.3 is 0 Å². The molecule has 6 nitrogen and oxygen atoms in total. The van der Waals surface area contributed by atoms with Crippen molar-refractivity contribution >= 4 is 44.6 Å². The molecule has 3 aromatic rings. The Morgan fingerprint density at radius 2 is 1.77 bits per heavy atom. The van der Waals surface area contributed by atoms with Gasteiger partial charge in [0, 0.05) is 41.1 Å². The van der Waals surface area contributed by atoms with Crippen LogP contribution in [0.15, 0.2) is 70.7 Å². The minimum atomic E-state index is -3.75. The molecular weight excluding hydrogens is 445 g/mol. The maximum atomic E-state index is 12.8. The lowest BCUT2D eigenvalue weighted by molar-refractivity contribution is -0.121. The summed E-state index contributed by atoms with van der Waals surface area (Å²) in [5.74, 6) is -0.128. The molecule has 2 N–H and O–H groups in total. The minimum Gasteiger partial charge on any atom is -0.373 e. The van der Waals surface area contributed by atoms with E-state index in [1.54, 1.807) is 24.5 Å². The highest BCUT2D eigenvalue weighted by molar-refractivity contribution is 7.91. The lowest BCUT2D eigenvalue weighted by atomic mass is 10.1. The van der Waals surface area contributed by atoms with Gasteiger partial charge in [-0.15, -0.1) is 0 Å². The van der Waals surface area contributed by atoms with Crippen LogP contribution < -0.4 is 10.6 Å². The fourth-order valence-corrected chi connectivity index (χ4v) is 5.25. The Balaban J connectivity index is 1.41. The molecule has 1 aromatic heterocycles. The van der Waals surface area contributed by atoms with E-state index in [1.807, 2.05) is 6.07 Å². The van der Waals surface area contributed by atoms with Crippen LogP contribution >= 0.6 is 23.2 Å². The van der Waals surface area contributed by atoms with Crippen LogP contribution in [0.4, 0.5) is 5.69 Å². The molecule has 1 aliphatic heterocycles. The van der Waals surface area contributed by atoms with Gasteiger partial charge in [0.15, 0.2) is 0 Å². The van der Waals surface area contributed by atoms with Gasteiger partial charge in [0.2, 0.25) is 15.7 Å². The fourth-order valence-electron chi connectivity index (χ4n) is 3.27. The van der Waals surface area contributed by atoms with Gasteiger partial charge in [-0.1, -0.05) is 35.3 Å². The van der Waals surface area contributed by atoms with Crippen LogP contribution in [0, 0.1) is 0 Å². The summed E-state index contributed by atoms with van der Waals surface area (Å²) >= 11 is 11.9. The van der Waals surface area contributed by atoms with Gasteiger partial charge in [-0.05, 0) is 47.5 Å². The Bertz CT molecular complexity index is 1170. The minimum absolute atomic E-state index is 0.0300. The van der Waals surface area contributed by atoms with E-state index < -0.39 is 9.84 Å². The largest absolute Gasteiger partial charge is 0.373 e. The van der Waals surface area contributed by atoms with Gasteiger partial charge in [0.1, 0.15) is 6.04 Å². The van der Waals surface area contributed by atoms with Crippen molar-refractivity contribution in [2.75, 3.05) is 5.32 Å². The summed E-state index contributed by atoms with van der Waals surface area (Å²) in [6, 6.07) is 12.0. The number of carbonyl (C=O) groups excluding carboxylic acids is 1. The van der Waals surface area contributed by atoms with E-state index in [-0.39, 0.29) is 38.3 Å². The van der Waals surface area contributed by atoms with Crippen LogP contribution in [0.1, 0.15) is 11.1 Å². The molecule has 1 atom stereocenters. The summed E-state index contributed by atoms with van der Waals surface area (Å²) < 4.78 is 25.6. The number of nitrogens with zero attached hydrogens (tertiary/aromatic N) is 1. The fraction of sp³-hybridized carbons (Fsp3) is 0.143. The van der Waals surface area contributed by atoms with Gasteiger partial charge in [0.25, 0.3) is 0 Å². The normalized spacial score (nSPS) is 15.3. The van der Waals surface area contributed by atoms with E-state index in [1.165, 1.54) is 30.3 Å². The molecule has 4 rings (SSSR count). The van der Waals surface area contributed by atoms with Gasteiger partial charge in [-0.3, -0.25) is 9.78 Å². The molecule has 1 unspecified atom stereocenters. The second-order valence-electron chi connectivity index (χ2n) is 6.90. The number of anilines is 1. The van der Waals surface area contributed by atoms with Crippen molar-refractivity contribution in [3.05, 3.63) is 82.1 Å². The first kappa shape index (κ1) is 20.7. The average Bonchev–Trinajstić information content (AvgIpc) is 3.16. The number of benzene rings is 2. The first-order valence-corrected chi connectivity index (χ1v) is 11.3. The van der Waals surface area contributed by atoms with Gasteiger partial charge < -0.3 is 10.6 Å². The molecule has 1 amide bonds. The SMILES string of the molecule is O=C(NCc1ccc(S(=O)(=O)c2cc(Cl)cc(Cl)c2)cc1)C1Cc2cnccc2N1. The van der Waals surface area contributed by atoms with Crippen LogP contribution in [-0.2, 0) is 27.6 Å². The van der Waals surface area contributed by atoms with E-state index in [0.717, 1.165) is 16.8 Å². The van der Waals surface area contributed by atoms with E-state index in [0.29, 0.717) is 6.42 Å². The van der Waals surface area contributed by atoms with Gasteiger partial charge in [-0.2, -0.15) is 0 Å². The molecule has 0 radical (unpaired) electrons. The van der Waals surface area contributed by atoms with E-state index in [4.69, 9.17) is 23.2 Å². The number of carbonyl (C=O) groups is 1. The van der Waals surface area contributed by atoms with E-state index in [9.17, 15) is 13.2 Å². The van der Waals surface area contributed by atoms with Crippen molar-refractivity contribution in [3.63, 3.8) is 0 Å². The number of hydrogen-bond donors (Lipinski definition) is 2. The molecule has 0 spiro atoms. The van der Waals surface area contributed by atoms with Crippen LogP contribution in [0.3, 0.4) is 0 Å². The Morgan fingerprint density at radius 1 is 1.07 bits per heavy atom. The first-order valence-electron chi connectivity index (χ1n) is 9.10. The molecule has 0 fully saturated rings. The molecule has 0 bridgehead atoms. The summed E-state index contributed by atoms with van der Waals surface area (Å²) in [6.07, 6.45) is 4.01. The summed E-state index contributed by atoms with van der Waals surface area (Å²) in [5, 5.41) is 6.55. The number of aromatic nitrogens is 1. The molecule has 0 saturated carbocycles.